The fourth-order valence-corrected chi connectivity index (χ4v) is 3.08. The van der Waals surface area contributed by atoms with Crippen molar-refractivity contribution in [2.75, 3.05) is 25.1 Å². The van der Waals surface area contributed by atoms with E-state index in [2.05, 4.69) is 22.0 Å². The molecule has 0 saturated carbocycles. The molecule has 0 N–H and O–H groups in total. The van der Waals surface area contributed by atoms with Gasteiger partial charge in [0.2, 0.25) is 5.96 Å². The highest BCUT2D eigenvalue weighted by Crippen LogP contribution is 2.34. The molecule has 0 spiro atoms. The number of hydrogen-bond acceptors (Lipinski definition) is 4. The number of hydrogen-bond donors (Lipinski definition) is 0. The highest BCUT2D eigenvalue weighted by atomic mass is 16.5. The highest BCUT2D eigenvalue weighted by molar-refractivity contribution is 6.19. The first-order chi connectivity index (χ1) is 11.3. The number of amides is 1. The van der Waals surface area contributed by atoms with E-state index in [0.717, 1.165) is 11.6 Å². The number of guanidine groups is 1. The van der Waals surface area contributed by atoms with Gasteiger partial charge in [-0.3, -0.25) is 14.7 Å². The van der Waals surface area contributed by atoms with Crippen molar-refractivity contribution in [1.82, 2.24) is 4.90 Å². The molecule has 23 heavy (non-hydrogen) atoms. The summed E-state index contributed by atoms with van der Waals surface area (Å²) in [5.41, 5.74) is 2.73. The monoisotopic (exact) mass is 307 g/mol. The third kappa shape index (κ3) is 2.25. The lowest BCUT2D eigenvalue weighted by atomic mass is 10.1. The van der Waals surface area contributed by atoms with Crippen molar-refractivity contribution in [1.29, 1.82) is 0 Å². The van der Waals surface area contributed by atoms with Gasteiger partial charge in [0.1, 0.15) is 5.75 Å². The second kappa shape index (κ2) is 5.43. The summed E-state index contributed by atoms with van der Waals surface area (Å²) in [6, 6.07) is 15.8. The Balaban J connectivity index is 1.80. The topological polar surface area (TPSA) is 45.1 Å². The largest absolute Gasteiger partial charge is 0.497 e. The Kier molecular flexibility index (Phi) is 3.26. The van der Waals surface area contributed by atoms with Crippen LogP contribution in [-0.4, -0.2) is 37.0 Å². The fraction of sp³-hybridized carbons (Fsp3) is 0.222. The number of ether oxygens (including phenoxy) is 1. The lowest BCUT2D eigenvalue weighted by Gasteiger charge is -2.36. The number of carbonyl (C=O) groups excluding carboxylic acids is 1. The Labute approximate surface area is 134 Å². The number of aliphatic imine (C=N–C) groups is 1. The number of anilines is 1. The zero-order valence-electron chi connectivity index (χ0n) is 12.9. The molecule has 2 aliphatic rings. The van der Waals surface area contributed by atoms with Gasteiger partial charge >= 0.3 is 0 Å². The molecular weight excluding hydrogens is 290 g/mol. The van der Waals surface area contributed by atoms with E-state index in [1.54, 1.807) is 12.0 Å². The molecule has 0 radical (unpaired) electrons. The predicted molar refractivity (Wildman–Crippen MR) is 89.0 cm³/mol. The molecule has 0 aromatic heterocycles. The quantitative estimate of drug-likeness (QED) is 0.875. The SMILES string of the molecule is COc1ccc2c(c1)C(=O)N1CCN=C1N2Cc1ccccc1. The second-order valence-corrected chi connectivity index (χ2v) is 5.59. The lowest BCUT2D eigenvalue weighted by Crippen LogP contribution is -2.49. The molecule has 0 bridgehead atoms. The van der Waals surface area contributed by atoms with Gasteiger partial charge < -0.3 is 9.64 Å². The van der Waals surface area contributed by atoms with Crippen molar-refractivity contribution in [2.45, 2.75) is 6.54 Å². The van der Waals surface area contributed by atoms with Gasteiger partial charge in [-0.1, -0.05) is 30.3 Å². The molecule has 0 aliphatic carbocycles. The zero-order chi connectivity index (χ0) is 15.8. The van der Waals surface area contributed by atoms with Gasteiger partial charge in [-0.25, -0.2) is 0 Å². The van der Waals surface area contributed by atoms with E-state index in [1.165, 1.54) is 5.56 Å². The Morgan fingerprint density at radius 3 is 2.78 bits per heavy atom. The molecule has 4 rings (SSSR count). The molecule has 1 amide bonds. The van der Waals surface area contributed by atoms with Crippen molar-refractivity contribution in [2.24, 2.45) is 4.99 Å². The van der Waals surface area contributed by atoms with Crippen LogP contribution in [0.25, 0.3) is 0 Å². The van der Waals surface area contributed by atoms with E-state index in [-0.39, 0.29) is 5.91 Å². The average molecular weight is 307 g/mol. The van der Waals surface area contributed by atoms with E-state index in [9.17, 15) is 4.79 Å². The van der Waals surface area contributed by atoms with E-state index in [1.807, 2.05) is 36.4 Å². The number of rotatable bonds is 3. The zero-order valence-corrected chi connectivity index (χ0v) is 12.9. The summed E-state index contributed by atoms with van der Waals surface area (Å²) in [5, 5.41) is 0. The Bertz CT molecular complexity index is 786. The van der Waals surface area contributed by atoms with Crippen LogP contribution in [0.2, 0.25) is 0 Å². The number of nitrogens with zero attached hydrogens (tertiary/aromatic N) is 3. The molecule has 0 fully saturated rings. The Hall–Kier alpha value is -2.82. The lowest BCUT2D eigenvalue weighted by molar-refractivity contribution is 0.0851. The first-order valence-electron chi connectivity index (χ1n) is 7.64. The van der Waals surface area contributed by atoms with Gasteiger partial charge in [0.25, 0.3) is 5.91 Å². The first-order valence-corrected chi connectivity index (χ1v) is 7.64. The molecule has 2 heterocycles. The summed E-state index contributed by atoms with van der Waals surface area (Å²) in [5.74, 6) is 1.44. The molecule has 2 aliphatic heterocycles. The van der Waals surface area contributed by atoms with E-state index in [0.29, 0.717) is 30.9 Å². The number of benzene rings is 2. The molecule has 2 aromatic carbocycles. The molecule has 2 aromatic rings. The molecule has 116 valence electrons. The minimum atomic E-state index is -0.000498. The van der Waals surface area contributed by atoms with Crippen LogP contribution < -0.4 is 9.64 Å². The Morgan fingerprint density at radius 2 is 2.00 bits per heavy atom. The van der Waals surface area contributed by atoms with Crippen LogP contribution in [-0.2, 0) is 6.54 Å². The Morgan fingerprint density at radius 1 is 1.17 bits per heavy atom. The van der Waals surface area contributed by atoms with Crippen LogP contribution >= 0.6 is 0 Å². The van der Waals surface area contributed by atoms with Crippen LogP contribution in [0.3, 0.4) is 0 Å². The summed E-state index contributed by atoms with van der Waals surface area (Å²) in [4.78, 5) is 21.1. The van der Waals surface area contributed by atoms with Crippen molar-refractivity contribution in [3.8, 4) is 5.75 Å². The summed E-state index contributed by atoms with van der Waals surface area (Å²) < 4.78 is 5.27. The minimum Gasteiger partial charge on any atom is -0.497 e. The molecule has 5 nitrogen and oxygen atoms in total. The summed E-state index contributed by atoms with van der Waals surface area (Å²) >= 11 is 0. The maximum atomic E-state index is 12.7. The van der Waals surface area contributed by atoms with Crippen LogP contribution in [0.1, 0.15) is 15.9 Å². The van der Waals surface area contributed by atoms with Crippen LogP contribution in [0.4, 0.5) is 5.69 Å². The average Bonchev–Trinajstić information content (AvgIpc) is 3.09. The molecule has 0 atom stereocenters. The summed E-state index contributed by atoms with van der Waals surface area (Å²) in [6.45, 7) is 1.97. The number of carbonyl (C=O) groups is 1. The highest BCUT2D eigenvalue weighted by Gasteiger charge is 2.37. The van der Waals surface area contributed by atoms with Gasteiger partial charge in [-0.15, -0.1) is 0 Å². The molecule has 5 heteroatoms. The number of methoxy groups -OCH3 is 1. The van der Waals surface area contributed by atoms with Crippen LogP contribution in [0.15, 0.2) is 53.5 Å². The van der Waals surface area contributed by atoms with E-state index in [4.69, 9.17) is 4.74 Å². The fourth-order valence-electron chi connectivity index (χ4n) is 3.08. The molecular formula is C18H17N3O2. The van der Waals surface area contributed by atoms with Crippen LogP contribution in [0.5, 0.6) is 5.75 Å². The maximum Gasteiger partial charge on any atom is 0.262 e. The van der Waals surface area contributed by atoms with Gasteiger partial charge in [0, 0.05) is 6.54 Å². The first kappa shape index (κ1) is 13.8. The van der Waals surface area contributed by atoms with Crippen LogP contribution in [0, 0.1) is 0 Å². The smallest absolute Gasteiger partial charge is 0.262 e. The normalized spacial score (nSPS) is 16.0. The second-order valence-electron chi connectivity index (χ2n) is 5.59. The molecule has 0 unspecified atom stereocenters. The number of fused-ring (bicyclic) bond motifs is 2. The van der Waals surface area contributed by atoms with Gasteiger partial charge in [0.15, 0.2) is 0 Å². The van der Waals surface area contributed by atoms with Crippen molar-refractivity contribution in [3.63, 3.8) is 0 Å². The van der Waals surface area contributed by atoms with Gasteiger partial charge in [0.05, 0.1) is 31.5 Å². The third-order valence-electron chi connectivity index (χ3n) is 4.21. The van der Waals surface area contributed by atoms with E-state index < -0.39 is 0 Å². The predicted octanol–water partition coefficient (Wildman–Crippen LogP) is 2.53. The van der Waals surface area contributed by atoms with E-state index >= 15 is 0 Å². The van der Waals surface area contributed by atoms with Gasteiger partial charge in [-0.05, 0) is 23.8 Å². The maximum absolute atomic E-state index is 12.7. The summed E-state index contributed by atoms with van der Waals surface area (Å²) in [6.07, 6.45) is 0. The van der Waals surface area contributed by atoms with Crippen molar-refractivity contribution >= 4 is 17.6 Å². The van der Waals surface area contributed by atoms with Crippen molar-refractivity contribution in [3.05, 3.63) is 59.7 Å². The standard InChI is InChI=1S/C18H17N3O2/c1-23-14-7-8-16-15(11-14)17(22)20-10-9-19-18(20)21(16)12-13-5-3-2-4-6-13/h2-8,11H,9-10,12H2,1H3. The third-order valence-corrected chi connectivity index (χ3v) is 4.21. The minimum absolute atomic E-state index is 0.000498. The van der Waals surface area contributed by atoms with Crippen molar-refractivity contribution < 1.29 is 9.53 Å². The van der Waals surface area contributed by atoms with Gasteiger partial charge in [-0.2, -0.15) is 0 Å². The molecule has 0 saturated heterocycles. The summed E-state index contributed by atoms with van der Waals surface area (Å²) in [7, 11) is 1.61.